The van der Waals surface area contributed by atoms with Crippen LogP contribution in [0.5, 0.6) is 5.75 Å². The van der Waals surface area contributed by atoms with E-state index in [2.05, 4.69) is 6.92 Å². The van der Waals surface area contributed by atoms with Crippen LogP contribution in [0.4, 0.5) is 10.1 Å². The van der Waals surface area contributed by atoms with Gasteiger partial charge in [-0.2, -0.15) is 0 Å². The summed E-state index contributed by atoms with van der Waals surface area (Å²) in [5.41, 5.74) is 0.627. The monoisotopic (exact) mass is 343 g/mol. The van der Waals surface area contributed by atoms with Crippen molar-refractivity contribution in [2.75, 3.05) is 4.90 Å². The number of hydrogen-bond acceptors (Lipinski definition) is 3. The van der Waals surface area contributed by atoms with Crippen LogP contribution in [0, 0.1) is 17.7 Å². The molecule has 1 aromatic carbocycles. The molecular formula is C20H22FNO3. The van der Waals surface area contributed by atoms with Crippen LogP contribution < -0.4 is 9.64 Å². The summed E-state index contributed by atoms with van der Waals surface area (Å²) < 4.78 is 20.5. The molecule has 5 heteroatoms. The van der Waals surface area contributed by atoms with Gasteiger partial charge in [0, 0.05) is 11.6 Å². The third kappa shape index (κ3) is 2.86. The predicted molar refractivity (Wildman–Crippen MR) is 91.7 cm³/mol. The second-order valence-corrected chi connectivity index (χ2v) is 7.35. The Kier molecular flexibility index (Phi) is 4.10. The highest BCUT2D eigenvalue weighted by molar-refractivity contribution is 6.24. The third-order valence-electron chi connectivity index (χ3n) is 5.61. The topological polar surface area (TPSA) is 46.6 Å². The first-order chi connectivity index (χ1) is 12.0. The van der Waals surface area contributed by atoms with E-state index in [1.54, 1.807) is 12.1 Å². The number of halogens is 1. The van der Waals surface area contributed by atoms with Gasteiger partial charge in [0.2, 0.25) is 5.91 Å². The van der Waals surface area contributed by atoms with E-state index in [0.717, 1.165) is 30.6 Å². The maximum absolute atomic E-state index is 14.4. The third-order valence-corrected chi connectivity index (χ3v) is 5.61. The van der Waals surface area contributed by atoms with Crippen molar-refractivity contribution in [3.63, 3.8) is 0 Å². The number of ether oxygens (including phenoxy) is 1. The Morgan fingerprint density at radius 1 is 1.16 bits per heavy atom. The Balaban J connectivity index is 1.65. The number of hydrogen-bond donors (Lipinski definition) is 0. The fraction of sp³-hybridized carbons (Fsp3) is 0.500. The number of rotatable bonds is 3. The Labute approximate surface area is 146 Å². The van der Waals surface area contributed by atoms with Crippen molar-refractivity contribution in [2.24, 2.45) is 11.8 Å². The molecule has 0 saturated heterocycles. The lowest BCUT2D eigenvalue weighted by Crippen LogP contribution is -2.46. The number of nitrogens with zero attached hydrogens (tertiary/aromatic N) is 1. The number of carbonyl (C=O) groups excluding carboxylic acids is 2. The summed E-state index contributed by atoms with van der Waals surface area (Å²) >= 11 is 0. The molecule has 2 amide bonds. The highest BCUT2D eigenvalue weighted by Crippen LogP contribution is 2.37. The molecule has 0 aromatic heterocycles. The molecule has 2 aliphatic carbocycles. The largest absolute Gasteiger partial charge is 0.490 e. The number of fused-ring (bicyclic) bond motifs is 1. The van der Waals surface area contributed by atoms with Gasteiger partial charge in [0.25, 0.3) is 5.91 Å². The van der Waals surface area contributed by atoms with Gasteiger partial charge in [0.1, 0.15) is 17.7 Å². The maximum Gasteiger partial charge on any atom is 0.260 e. The fourth-order valence-electron chi connectivity index (χ4n) is 4.13. The molecule has 1 aromatic rings. The second kappa shape index (κ2) is 6.28. The number of benzene rings is 1. The standard InChI is InChI=1S/C20H22FNO3/c1-12-4-2-7-18(12)25-15-8-9-16(21)17(11-15)22-19(23)13-5-3-6-14(10-13)20(22)24/h8-13,18H,2-7H2,1H3. The highest BCUT2D eigenvalue weighted by Gasteiger charge is 2.39. The molecule has 1 heterocycles. The fourth-order valence-corrected chi connectivity index (χ4v) is 4.13. The minimum atomic E-state index is -0.575. The molecule has 132 valence electrons. The van der Waals surface area contributed by atoms with Crippen LogP contribution in [-0.2, 0) is 9.59 Å². The van der Waals surface area contributed by atoms with Crippen molar-refractivity contribution in [1.82, 2.24) is 0 Å². The smallest absolute Gasteiger partial charge is 0.260 e. The van der Waals surface area contributed by atoms with Gasteiger partial charge >= 0.3 is 0 Å². The number of carbonyl (C=O) groups is 2. The number of anilines is 1. The zero-order chi connectivity index (χ0) is 17.6. The summed E-state index contributed by atoms with van der Waals surface area (Å²) in [6, 6.07) is 4.35. The molecule has 1 aliphatic heterocycles. The van der Waals surface area contributed by atoms with Crippen LogP contribution in [0.15, 0.2) is 29.8 Å². The predicted octanol–water partition coefficient (Wildman–Crippen LogP) is 3.99. The van der Waals surface area contributed by atoms with Crippen molar-refractivity contribution in [1.29, 1.82) is 0 Å². The van der Waals surface area contributed by atoms with E-state index in [1.807, 2.05) is 0 Å². The van der Waals surface area contributed by atoms with Gasteiger partial charge in [-0.05, 0) is 56.6 Å². The summed E-state index contributed by atoms with van der Waals surface area (Å²) in [4.78, 5) is 26.3. The van der Waals surface area contributed by atoms with E-state index in [4.69, 9.17) is 4.74 Å². The molecule has 4 nitrogen and oxygen atoms in total. The molecule has 0 spiro atoms. The molecule has 3 atom stereocenters. The van der Waals surface area contributed by atoms with Gasteiger partial charge < -0.3 is 4.74 Å². The summed E-state index contributed by atoms with van der Waals surface area (Å²) in [6.07, 6.45) is 7.27. The zero-order valence-electron chi connectivity index (χ0n) is 14.3. The van der Waals surface area contributed by atoms with E-state index in [-0.39, 0.29) is 23.6 Å². The van der Waals surface area contributed by atoms with E-state index >= 15 is 0 Å². The maximum atomic E-state index is 14.4. The Morgan fingerprint density at radius 2 is 2.00 bits per heavy atom. The van der Waals surface area contributed by atoms with E-state index in [1.165, 1.54) is 12.1 Å². The first kappa shape index (κ1) is 16.3. The first-order valence-corrected chi connectivity index (χ1v) is 9.10. The Morgan fingerprint density at radius 3 is 2.76 bits per heavy atom. The SMILES string of the molecule is CC1CCCC1Oc1ccc(F)c(N2C(=O)C3=CC(CCC3)C2=O)c1. The van der Waals surface area contributed by atoms with Crippen LogP contribution >= 0.6 is 0 Å². The van der Waals surface area contributed by atoms with Gasteiger partial charge in [0.05, 0.1) is 11.6 Å². The normalized spacial score (nSPS) is 29.0. The van der Waals surface area contributed by atoms with Crippen molar-refractivity contribution < 1.29 is 18.7 Å². The van der Waals surface area contributed by atoms with E-state index in [0.29, 0.717) is 30.1 Å². The van der Waals surface area contributed by atoms with Gasteiger partial charge in [-0.3, -0.25) is 9.59 Å². The van der Waals surface area contributed by atoms with Crippen molar-refractivity contribution in [2.45, 2.75) is 51.6 Å². The van der Waals surface area contributed by atoms with Crippen molar-refractivity contribution >= 4 is 17.5 Å². The lowest BCUT2D eigenvalue weighted by molar-refractivity contribution is -0.128. The molecule has 1 fully saturated rings. The second-order valence-electron chi connectivity index (χ2n) is 7.35. The number of amides is 2. The summed E-state index contributed by atoms with van der Waals surface area (Å²) in [5, 5.41) is 0. The molecule has 0 radical (unpaired) electrons. The van der Waals surface area contributed by atoms with Crippen LogP contribution in [0.25, 0.3) is 0 Å². The molecule has 3 aliphatic rings. The lowest BCUT2D eigenvalue weighted by atomic mass is 9.85. The summed E-state index contributed by atoms with van der Waals surface area (Å²) in [7, 11) is 0. The average molecular weight is 343 g/mol. The van der Waals surface area contributed by atoms with Gasteiger partial charge in [0.15, 0.2) is 0 Å². The van der Waals surface area contributed by atoms with E-state index < -0.39 is 11.7 Å². The molecule has 1 saturated carbocycles. The van der Waals surface area contributed by atoms with Gasteiger partial charge in [-0.15, -0.1) is 0 Å². The molecule has 2 bridgehead atoms. The first-order valence-electron chi connectivity index (χ1n) is 9.10. The minimum Gasteiger partial charge on any atom is -0.490 e. The van der Waals surface area contributed by atoms with E-state index in [9.17, 15) is 14.0 Å². The average Bonchev–Trinajstić information content (AvgIpc) is 3.01. The summed E-state index contributed by atoms with van der Waals surface area (Å²) in [6.45, 7) is 2.15. The van der Waals surface area contributed by atoms with Crippen molar-refractivity contribution in [3.8, 4) is 5.75 Å². The van der Waals surface area contributed by atoms with Gasteiger partial charge in [-0.1, -0.05) is 13.0 Å². The molecule has 0 N–H and O–H groups in total. The van der Waals surface area contributed by atoms with Crippen LogP contribution in [0.2, 0.25) is 0 Å². The van der Waals surface area contributed by atoms with Crippen LogP contribution in [0.3, 0.4) is 0 Å². The lowest BCUT2D eigenvalue weighted by Gasteiger charge is -2.33. The van der Waals surface area contributed by atoms with Gasteiger partial charge in [-0.25, -0.2) is 9.29 Å². The Bertz CT molecular complexity index is 757. The zero-order valence-corrected chi connectivity index (χ0v) is 14.3. The molecule has 4 rings (SSSR count). The summed E-state index contributed by atoms with van der Waals surface area (Å²) in [5.74, 6) is -0.656. The number of imide groups is 1. The minimum absolute atomic E-state index is 0.00986. The molecular weight excluding hydrogens is 321 g/mol. The quantitative estimate of drug-likeness (QED) is 0.780. The van der Waals surface area contributed by atoms with Crippen LogP contribution in [0.1, 0.15) is 45.4 Å². The van der Waals surface area contributed by atoms with Crippen LogP contribution in [-0.4, -0.2) is 17.9 Å². The highest BCUT2D eigenvalue weighted by atomic mass is 19.1. The molecule has 3 unspecified atom stereocenters. The van der Waals surface area contributed by atoms with Crippen molar-refractivity contribution in [3.05, 3.63) is 35.7 Å². The molecule has 25 heavy (non-hydrogen) atoms. The Hall–Kier alpha value is -2.17.